The molecule has 2 aliphatic heterocycles. The molecule has 0 amide bonds. The van der Waals surface area contributed by atoms with E-state index in [1.54, 1.807) is 0 Å². The molecule has 0 atom stereocenters. The second-order valence-electron chi connectivity index (χ2n) is 5.96. The van der Waals surface area contributed by atoms with Gasteiger partial charge in [0.2, 0.25) is 0 Å². The Morgan fingerprint density at radius 3 is 2.42 bits per heavy atom. The fourth-order valence-electron chi connectivity index (χ4n) is 3.32. The third-order valence-corrected chi connectivity index (χ3v) is 4.90. The lowest BCUT2D eigenvalue weighted by molar-refractivity contribution is -0.501. The fraction of sp³-hybridized carbons (Fsp3) is 0.688. The molecular formula is C16H24ClN2+. The number of allylic oxidation sites excluding steroid dienone is 3. The second-order valence-corrected chi connectivity index (χ2v) is 6.34. The number of likely N-dealkylation sites (tertiary alicyclic amines) is 1. The van der Waals surface area contributed by atoms with E-state index in [0.29, 0.717) is 0 Å². The minimum Gasteiger partial charge on any atom is -0.377 e. The third kappa shape index (κ3) is 3.22. The van der Waals surface area contributed by atoms with Gasteiger partial charge in [0.25, 0.3) is 0 Å². The van der Waals surface area contributed by atoms with Crippen LogP contribution in [0.25, 0.3) is 0 Å². The molecule has 2 fully saturated rings. The average molecular weight is 280 g/mol. The maximum atomic E-state index is 6.63. The second kappa shape index (κ2) is 6.13. The lowest BCUT2D eigenvalue weighted by Crippen LogP contribution is -2.15. The van der Waals surface area contributed by atoms with Crippen LogP contribution in [0.2, 0.25) is 0 Å². The molecule has 0 aromatic rings. The van der Waals surface area contributed by atoms with Gasteiger partial charge in [-0.2, -0.15) is 0 Å². The summed E-state index contributed by atoms with van der Waals surface area (Å²) >= 11 is 6.63. The molecule has 2 nitrogen and oxygen atoms in total. The number of hydrogen-bond acceptors (Lipinski definition) is 1. The van der Waals surface area contributed by atoms with Crippen molar-refractivity contribution in [1.82, 2.24) is 4.90 Å². The van der Waals surface area contributed by atoms with E-state index in [2.05, 4.69) is 21.9 Å². The van der Waals surface area contributed by atoms with E-state index >= 15 is 0 Å². The fourth-order valence-corrected chi connectivity index (χ4v) is 3.61. The molecule has 0 aromatic carbocycles. The minimum absolute atomic E-state index is 1.03. The van der Waals surface area contributed by atoms with E-state index < -0.39 is 0 Å². The lowest BCUT2D eigenvalue weighted by Gasteiger charge is -2.19. The van der Waals surface area contributed by atoms with Gasteiger partial charge in [0.1, 0.15) is 13.1 Å². The SMILES string of the molecule is ClC1=C(C=[N+]2CCCC2)CCC/C1=C\N1CCCC1. The zero-order valence-electron chi connectivity index (χ0n) is 11.7. The quantitative estimate of drug-likeness (QED) is 0.701. The van der Waals surface area contributed by atoms with E-state index in [1.807, 2.05) is 0 Å². The molecule has 0 aromatic heterocycles. The van der Waals surface area contributed by atoms with Gasteiger partial charge >= 0.3 is 0 Å². The molecule has 2 heterocycles. The molecule has 104 valence electrons. The van der Waals surface area contributed by atoms with E-state index in [4.69, 9.17) is 11.6 Å². The molecule has 3 heteroatoms. The Morgan fingerprint density at radius 2 is 1.68 bits per heavy atom. The van der Waals surface area contributed by atoms with Crippen LogP contribution in [-0.2, 0) is 0 Å². The molecule has 0 saturated carbocycles. The van der Waals surface area contributed by atoms with E-state index in [-0.39, 0.29) is 0 Å². The zero-order valence-corrected chi connectivity index (χ0v) is 12.5. The molecule has 0 radical (unpaired) electrons. The van der Waals surface area contributed by atoms with Crippen LogP contribution < -0.4 is 0 Å². The monoisotopic (exact) mass is 279 g/mol. The van der Waals surface area contributed by atoms with Crippen LogP contribution in [0, 0.1) is 0 Å². The van der Waals surface area contributed by atoms with Crippen LogP contribution in [0.1, 0.15) is 44.9 Å². The summed E-state index contributed by atoms with van der Waals surface area (Å²) in [6.45, 7) is 4.83. The molecule has 0 spiro atoms. The molecule has 19 heavy (non-hydrogen) atoms. The van der Waals surface area contributed by atoms with Gasteiger partial charge in [-0.25, -0.2) is 4.58 Å². The summed E-state index contributed by atoms with van der Waals surface area (Å²) in [6.07, 6.45) is 13.5. The highest BCUT2D eigenvalue weighted by Crippen LogP contribution is 2.32. The van der Waals surface area contributed by atoms with Crippen molar-refractivity contribution >= 4 is 17.8 Å². The molecule has 1 aliphatic carbocycles. The Balaban J connectivity index is 1.79. The van der Waals surface area contributed by atoms with Crippen LogP contribution >= 0.6 is 11.6 Å². The zero-order chi connectivity index (χ0) is 13.1. The van der Waals surface area contributed by atoms with Crippen molar-refractivity contribution in [3.63, 3.8) is 0 Å². The van der Waals surface area contributed by atoms with Crippen molar-refractivity contribution in [1.29, 1.82) is 0 Å². The van der Waals surface area contributed by atoms with Crippen molar-refractivity contribution in [3.05, 3.63) is 22.4 Å². The Labute approximate surface area is 121 Å². The molecule has 3 rings (SSSR count). The topological polar surface area (TPSA) is 6.25 Å². The number of rotatable bonds is 2. The lowest BCUT2D eigenvalue weighted by atomic mass is 9.96. The minimum atomic E-state index is 1.03. The molecule has 2 saturated heterocycles. The number of nitrogens with zero attached hydrogens (tertiary/aromatic N) is 2. The van der Waals surface area contributed by atoms with E-state index in [0.717, 1.165) is 17.9 Å². The first-order chi connectivity index (χ1) is 9.33. The van der Waals surface area contributed by atoms with Gasteiger partial charge in [0.05, 0.1) is 5.03 Å². The van der Waals surface area contributed by atoms with E-state index in [1.165, 1.54) is 69.4 Å². The number of halogens is 1. The smallest absolute Gasteiger partial charge is 0.168 e. The van der Waals surface area contributed by atoms with Gasteiger partial charge in [-0.15, -0.1) is 0 Å². The van der Waals surface area contributed by atoms with Gasteiger partial charge in [-0.3, -0.25) is 0 Å². The first-order valence-electron chi connectivity index (χ1n) is 7.75. The summed E-state index contributed by atoms with van der Waals surface area (Å²) in [7, 11) is 0. The van der Waals surface area contributed by atoms with Gasteiger partial charge < -0.3 is 4.90 Å². The highest BCUT2D eigenvalue weighted by molar-refractivity contribution is 6.33. The van der Waals surface area contributed by atoms with Crippen molar-refractivity contribution in [2.75, 3.05) is 26.2 Å². The largest absolute Gasteiger partial charge is 0.377 e. The van der Waals surface area contributed by atoms with Gasteiger partial charge in [-0.1, -0.05) is 11.6 Å². The Morgan fingerprint density at radius 1 is 0.947 bits per heavy atom. The predicted octanol–water partition coefficient (Wildman–Crippen LogP) is 3.52. The number of hydrogen-bond donors (Lipinski definition) is 0. The van der Waals surface area contributed by atoms with Crippen LogP contribution in [0.5, 0.6) is 0 Å². The summed E-state index contributed by atoms with van der Waals surface area (Å²) in [5.74, 6) is 0. The maximum Gasteiger partial charge on any atom is 0.168 e. The van der Waals surface area contributed by atoms with Crippen LogP contribution in [0.3, 0.4) is 0 Å². The van der Waals surface area contributed by atoms with Crippen LogP contribution in [-0.4, -0.2) is 41.9 Å². The summed E-state index contributed by atoms with van der Waals surface area (Å²) in [4.78, 5) is 2.44. The van der Waals surface area contributed by atoms with Crippen LogP contribution in [0.15, 0.2) is 22.4 Å². The molecule has 0 bridgehead atoms. The normalized spacial score (nSPS) is 26.7. The Hall–Kier alpha value is -0.760. The third-order valence-electron chi connectivity index (χ3n) is 4.41. The summed E-state index contributed by atoms with van der Waals surface area (Å²) in [5.41, 5.74) is 2.72. The first kappa shape index (κ1) is 13.2. The predicted molar refractivity (Wildman–Crippen MR) is 80.9 cm³/mol. The van der Waals surface area contributed by atoms with Gasteiger partial charge in [0, 0.05) is 37.7 Å². The highest BCUT2D eigenvalue weighted by atomic mass is 35.5. The van der Waals surface area contributed by atoms with Crippen molar-refractivity contribution in [3.8, 4) is 0 Å². The van der Waals surface area contributed by atoms with Crippen LogP contribution in [0.4, 0.5) is 0 Å². The van der Waals surface area contributed by atoms with Crippen molar-refractivity contribution < 1.29 is 4.58 Å². The summed E-state index contributed by atoms with van der Waals surface area (Å²) < 4.78 is 2.44. The highest BCUT2D eigenvalue weighted by Gasteiger charge is 2.20. The molecule has 3 aliphatic rings. The Kier molecular flexibility index (Phi) is 4.27. The van der Waals surface area contributed by atoms with E-state index in [9.17, 15) is 0 Å². The average Bonchev–Trinajstić information content (AvgIpc) is 3.07. The summed E-state index contributed by atoms with van der Waals surface area (Å²) in [6, 6.07) is 0. The first-order valence-corrected chi connectivity index (χ1v) is 8.13. The van der Waals surface area contributed by atoms with Crippen molar-refractivity contribution in [2.24, 2.45) is 0 Å². The standard InChI is InChI=1S/C16H24ClN2/c17-16-14(12-18-8-1-2-9-18)6-5-7-15(16)13-19-10-3-4-11-19/h12-13H,1-11H2/q+1. The van der Waals surface area contributed by atoms with Crippen molar-refractivity contribution in [2.45, 2.75) is 44.9 Å². The Bertz CT molecular complexity index is 420. The summed E-state index contributed by atoms with van der Waals surface area (Å²) in [5, 5.41) is 1.03. The van der Waals surface area contributed by atoms with Gasteiger partial charge in [-0.05, 0) is 37.7 Å². The van der Waals surface area contributed by atoms with Gasteiger partial charge in [0.15, 0.2) is 6.21 Å². The molecule has 0 unspecified atom stereocenters. The molecular weight excluding hydrogens is 256 g/mol. The molecule has 0 N–H and O–H groups in total. The maximum absolute atomic E-state index is 6.63.